The number of allylic oxidation sites excluding steroid dienone is 11. The Labute approximate surface area is 498 Å². The Kier molecular flexibility index (Phi) is 48.6. The number of aliphatic hydroxyl groups is 8. The predicted molar refractivity (Wildman–Crippen MR) is 332 cm³/mol. The molecule has 476 valence electrons. The van der Waals surface area contributed by atoms with Crippen molar-refractivity contribution in [3.8, 4) is 0 Å². The first kappa shape index (κ1) is 75.5. The van der Waals surface area contributed by atoms with Gasteiger partial charge in [0.2, 0.25) is 5.91 Å². The van der Waals surface area contributed by atoms with Crippen molar-refractivity contribution in [1.29, 1.82) is 0 Å². The quantitative estimate of drug-likeness (QED) is 0.0204. The van der Waals surface area contributed by atoms with E-state index in [0.29, 0.717) is 6.42 Å². The van der Waals surface area contributed by atoms with Crippen LogP contribution >= 0.6 is 0 Å². The highest BCUT2D eigenvalue weighted by atomic mass is 16.7. The van der Waals surface area contributed by atoms with E-state index in [0.717, 1.165) is 77.0 Å². The van der Waals surface area contributed by atoms with Crippen LogP contribution in [0, 0.1) is 0 Å². The third-order valence-electron chi connectivity index (χ3n) is 15.9. The van der Waals surface area contributed by atoms with E-state index in [-0.39, 0.29) is 18.9 Å². The molecule has 12 unspecified atom stereocenters. The van der Waals surface area contributed by atoms with Crippen molar-refractivity contribution < 1.29 is 64.6 Å². The molecule has 2 saturated heterocycles. The summed E-state index contributed by atoms with van der Waals surface area (Å²) in [6.07, 6.45) is 53.6. The van der Waals surface area contributed by atoms with Gasteiger partial charge >= 0.3 is 0 Å². The molecule has 2 fully saturated rings. The van der Waals surface area contributed by atoms with E-state index in [1.54, 1.807) is 6.08 Å². The van der Waals surface area contributed by atoms with Gasteiger partial charge in [0.05, 0.1) is 32.0 Å². The summed E-state index contributed by atoms with van der Waals surface area (Å²) in [7, 11) is 0. The number of unbranched alkanes of at least 4 members (excludes halogenated alkanes) is 30. The molecule has 2 heterocycles. The minimum atomic E-state index is -1.79. The molecule has 2 rings (SSSR count). The summed E-state index contributed by atoms with van der Waals surface area (Å²) >= 11 is 0. The normalized spacial score (nSPS) is 24.4. The van der Waals surface area contributed by atoms with Gasteiger partial charge in [-0.3, -0.25) is 4.79 Å². The molecule has 14 nitrogen and oxygen atoms in total. The molecule has 0 bridgehead atoms. The first-order valence-corrected chi connectivity index (χ1v) is 33.2. The number of hydrogen-bond acceptors (Lipinski definition) is 13. The van der Waals surface area contributed by atoms with Gasteiger partial charge in [-0.25, -0.2) is 0 Å². The Bertz CT molecular complexity index is 1650. The molecule has 0 spiro atoms. The molecule has 0 saturated carbocycles. The first-order chi connectivity index (χ1) is 40.1. The Balaban J connectivity index is 1.73. The molecule has 0 aliphatic carbocycles. The molecule has 0 aromatic rings. The van der Waals surface area contributed by atoms with Crippen molar-refractivity contribution in [1.82, 2.24) is 5.32 Å². The second kappa shape index (κ2) is 52.7. The maximum Gasteiger partial charge on any atom is 0.220 e. The van der Waals surface area contributed by atoms with Crippen LogP contribution in [0.1, 0.15) is 258 Å². The van der Waals surface area contributed by atoms with E-state index in [1.807, 2.05) is 6.08 Å². The highest BCUT2D eigenvalue weighted by molar-refractivity contribution is 5.76. The van der Waals surface area contributed by atoms with Gasteiger partial charge in [0.15, 0.2) is 12.6 Å². The second-order valence-corrected chi connectivity index (χ2v) is 23.2. The first-order valence-electron chi connectivity index (χ1n) is 33.2. The van der Waals surface area contributed by atoms with Crippen LogP contribution in [-0.4, -0.2) is 140 Å². The molecule has 1 amide bonds. The number of carbonyl (C=O) groups is 1. The van der Waals surface area contributed by atoms with Gasteiger partial charge in [0, 0.05) is 6.42 Å². The van der Waals surface area contributed by atoms with Crippen LogP contribution in [-0.2, 0) is 23.7 Å². The molecule has 12 atom stereocenters. The molecular formula is C68H121NO13. The molecule has 0 radical (unpaired) electrons. The zero-order valence-electron chi connectivity index (χ0n) is 51.5. The summed E-state index contributed by atoms with van der Waals surface area (Å²) in [4.78, 5) is 13.3. The van der Waals surface area contributed by atoms with Crippen molar-refractivity contribution in [3.05, 3.63) is 72.9 Å². The predicted octanol–water partition coefficient (Wildman–Crippen LogP) is 12.7. The van der Waals surface area contributed by atoms with E-state index in [4.69, 9.17) is 18.9 Å². The van der Waals surface area contributed by atoms with Gasteiger partial charge in [0.1, 0.15) is 48.8 Å². The number of hydrogen-bond donors (Lipinski definition) is 9. The highest BCUT2D eigenvalue weighted by Gasteiger charge is 2.51. The van der Waals surface area contributed by atoms with Crippen molar-refractivity contribution >= 4 is 5.91 Å². The van der Waals surface area contributed by atoms with Gasteiger partial charge in [-0.05, 0) is 64.2 Å². The SMILES string of the molecule is CC/C=C\C/C=C\C/C=C\C/C=C\C/C=C\CCCCCCCCCCCC(=O)NC(COC1OC(CO)C(OC2OC(CO)C(O)C(O)C2O)C(O)C1O)C(O)/C=C/CCCCCCCCCCCCCCCCCCCCCCC. The summed E-state index contributed by atoms with van der Waals surface area (Å²) in [6.45, 7) is 2.70. The maximum absolute atomic E-state index is 13.3. The van der Waals surface area contributed by atoms with Crippen LogP contribution in [0.2, 0.25) is 0 Å². The monoisotopic (exact) mass is 1160 g/mol. The summed E-state index contributed by atoms with van der Waals surface area (Å²) < 4.78 is 22.8. The van der Waals surface area contributed by atoms with Crippen LogP contribution in [0.5, 0.6) is 0 Å². The van der Waals surface area contributed by atoms with E-state index in [9.17, 15) is 45.6 Å². The molecular weight excluding hydrogens is 1040 g/mol. The molecule has 82 heavy (non-hydrogen) atoms. The Morgan fingerprint density at radius 2 is 0.841 bits per heavy atom. The van der Waals surface area contributed by atoms with E-state index >= 15 is 0 Å². The molecule has 14 heteroatoms. The number of amides is 1. The maximum atomic E-state index is 13.3. The lowest BCUT2D eigenvalue weighted by atomic mass is 9.97. The third kappa shape index (κ3) is 37.1. The van der Waals surface area contributed by atoms with Gasteiger partial charge in [-0.2, -0.15) is 0 Å². The van der Waals surface area contributed by atoms with Crippen LogP contribution in [0.4, 0.5) is 0 Å². The van der Waals surface area contributed by atoms with E-state index in [1.165, 1.54) is 154 Å². The van der Waals surface area contributed by atoms with Crippen molar-refractivity contribution in [2.24, 2.45) is 0 Å². The van der Waals surface area contributed by atoms with Gasteiger partial charge < -0.3 is 65.1 Å². The largest absolute Gasteiger partial charge is 0.394 e. The molecule has 9 N–H and O–H groups in total. The van der Waals surface area contributed by atoms with Gasteiger partial charge in [0.25, 0.3) is 0 Å². The third-order valence-corrected chi connectivity index (χ3v) is 15.9. The average molecular weight is 1160 g/mol. The number of ether oxygens (including phenoxy) is 4. The summed E-state index contributed by atoms with van der Waals surface area (Å²) in [6, 6.07) is -0.923. The van der Waals surface area contributed by atoms with Crippen molar-refractivity contribution in [2.45, 2.75) is 331 Å². The highest BCUT2D eigenvalue weighted by Crippen LogP contribution is 2.30. The lowest BCUT2D eigenvalue weighted by Gasteiger charge is -2.46. The number of aliphatic hydroxyl groups excluding tert-OH is 8. The van der Waals surface area contributed by atoms with E-state index < -0.39 is 86.8 Å². The minimum absolute atomic E-state index is 0.246. The average Bonchev–Trinajstić information content (AvgIpc) is 3.56. The second-order valence-electron chi connectivity index (χ2n) is 23.2. The Hall–Kier alpha value is -2.57. The number of rotatable bonds is 53. The van der Waals surface area contributed by atoms with Crippen LogP contribution in [0.15, 0.2) is 72.9 Å². The number of carbonyl (C=O) groups excluding carboxylic acids is 1. The van der Waals surface area contributed by atoms with Crippen molar-refractivity contribution in [3.63, 3.8) is 0 Å². The standard InChI is InChI=1S/C68H121NO13/c1-3-5-7-9-11-13-15-17-19-21-23-25-27-28-30-32-34-36-38-40-42-44-46-48-50-52-60(73)69-56(55-79-67-65(78)63(76)66(59(54-71)81-67)82-68-64(77)62(75)61(74)58(53-70)80-68)57(72)51-49-47-45-43-41-39-37-35-33-31-29-26-24-22-20-18-16-14-12-10-8-6-4-2/h5,7,11,13,17,19,23,25,28,30,49,51,56-59,61-68,70-72,74-78H,3-4,6,8-10,12,14-16,18,20-22,24,26-27,29,31-48,50,52-55H2,1-2H3,(H,69,73)/b7-5-,13-11-,19-17-,25-23-,30-28-,51-49+. The summed E-state index contributed by atoms with van der Waals surface area (Å²) in [5, 5.41) is 87.4. The topological polar surface area (TPSA) is 228 Å². The lowest BCUT2D eigenvalue weighted by Crippen LogP contribution is -2.65. The Morgan fingerprint density at radius 1 is 0.451 bits per heavy atom. The lowest BCUT2D eigenvalue weighted by molar-refractivity contribution is -0.359. The summed E-state index contributed by atoms with van der Waals surface area (Å²) in [5.74, 6) is -0.246. The smallest absolute Gasteiger partial charge is 0.220 e. The molecule has 2 aliphatic rings. The van der Waals surface area contributed by atoms with Crippen LogP contribution in [0.25, 0.3) is 0 Å². The molecule has 0 aromatic carbocycles. The fraction of sp³-hybridized carbons (Fsp3) is 0.809. The molecule has 2 aliphatic heterocycles. The van der Waals surface area contributed by atoms with Crippen LogP contribution < -0.4 is 5.32 Å². The minimum Gasteiger partial charge on any atom is -0.394 e. The number of nitrogens with one attached hydrogen (secondary N) is 1. The summed E-state index contributed by atoms with van der Waals surface area (Å²) in [5.41, 5.74) is 0. The zero-order valence-corrected chi connectivity index (χ0v) is 51.5. The molecule has 0 aromatic heterocycles. The fourth-order valence-electron chi connectivity index (χ4n) is 10.6. The van der Waals surface area contributed by atoms with Crippen LogP contribution in [0.3, 0.4) is 0 Å². The van der Waals surface area contributed by atoms with Gasteiger partial charge in [-0.15, -0.1) is 0 Å². The fourth-order valence-corrected chi connectivity index (χ4v) is 10.6. The Morgan fingerprint density at radius 3 is 1.29 bits per heavy atom. The zero-order chi connectivity index (χ0) is 59.5. The van der Waals surface area contributed by atoms with Gasteiger partial charge in [-0.1, -0.05) is 260 Å². The van der Waals surface area contributed by atoms with E-state index in [2.05, 4.69) is 79.9 Å². The van der Waals surface area contributed by atoms with Crippen molar-refractivity contribution in [2.75, 3.05) is 19.8 Å².